The third-order valence-electron chi connectivity index (χ3n) is 1.13. The molecule has 1 nitrogen and oxygen atoms in total. The zero-order valence-electron chi connectivity index (χ0n) is 4.27. The van der Waals surface area contributed by atoms with Crippen LogP contribution in [0.2, 0.25) is 0 Å². The van der Waals surface area contributed by atoms with E-state index in [9.17, 15) is 0 Å². The topological polar surface area (TPSA) is 9.23 Å². The van der Waals surface area contributed by atoms with Gasteiger partial charge in [-0.3, -0.25) is 0 Å². The highest BCUT2D eigenvalue weighted by atomic mass is 16.5. The summed E-state index contributed by atoms with van der Waals surface area (Å²) in [7, 11) is 0. The summed E-state index contributed by atoms with van der Waals surface area (Å²) >= 11 is 0. The summed E-state index contributed by atoms with van der Waals surface area (Å²) in [5, 5.41) is 0. The summed E-state index contributed by atoms with van der Waals surface area (Å²) < 4.78 is 5.14. The Morgan fingerprint density at radius 1 is 1.33 bits per heavy atom. The summed E-state index contributed by atoms with van der Waals surface area (Å²) in [4.78, 5) is 0. The van der Waals surface area contributed by atoms with E-state index < -0.39 is 0 Å². The zero-order valence-corrected chi connectivity index (χ0v) is 4.27. The maximum absolute atomic E-state index is 5.14. The van der Waals surface area contributed by atoms with Crippen molar-refractivity contribution in [2.45, 2.75) is 32.5 Å². The Bertz CT molecular complexity index is 39.9. The minimum Gasteiger partial charge on any atom is -0.375 e. The Hall–Kier alpha value is -0.0400. The molecule has 0 saturated carbocycles. The normalized spacial score (nSPS) is 45.0. The Labute approximate surface area is 38.3 Å². The van der Waals surface area contributed by atoms with E-state index in [1.807, 2.05) is 0 Å². The Morgan fingerprint density at radius 2 is 1.67 bits per heavy atom. The van der Waals surface area contributed by atoms with E-state index in [1.165, 1.54) is 6.42 Å². The lowest BCUT2D eigenvalue weighted by molar-refractivity contribution is -0.102. The number of hydrogen-bond donors (Lipinski definition) is 0. The van der Waals surface area contributed by atoms with Crippen molar-refractivity contribution in [3.63, 3.8) is 0 Å². The molecule has 1 heterocycles. The molecule has 1 aliphatic rings. The van der Waals surface area contributed by atoms with Crippen molar-refractivity contribution in [3.05, 3.63) is 0 Å². The van der Waals surface area contributed by atoms with Gasteiger partial charge in [0.2, 0.25) is 0 Å². The van der Waals surface area contributed by atoms with E-state index in [0.717, 1.165) is 0 Å². The molecule has 0 N–H and O–H groups in total. The Kier molecular flexibility index (Phi) is 0.845. The Balaban J connectivity index is 2.11. The van der Waals surface area contributed by atoms with E-state index in [0.29, 0.717) is 12.2 Å². The Morgan fingerprint density at radius 3 is 1.67 bits per heavy atom. The van der Waals surface area contributed by atoms with Crippen molar-refractivity contribution in [1.82, 2.24) is 0 Å². The molecule has 1 rings (SSSR count). The smallest absolute Gasteiger partial charge is 0.0575 e. The van der Waals surface area contributed by atoms with Gasteiger partial charge in [-0.2, -0.15) is 0 Å². The van der Waals surface area contributed by atoms with Crippen molar-refractivity contribution in [2.24, 2.45) is 0 Å². The first-order valence-electron chi connectivity index (χ1n) is 2.44. The average molecular weight is 86.1 g/mol. The lowest BCUT2D eigenvalue weighted by atomic mass is 10.1. The van der Waals surface area contributed by atoms with Gasteiger partial charge < -0.3 is 4.74 Å². The van der Waals surface area contributed by atoms with Gasteiger partial charge in [-0.1, -0.05) is 0 Å². The first-order valence-corrected chi connectivity index (χ1v) is 2.44. The number of hydrogen-bond acceptors (Lipinski definition) is 1. The molecule has 0 aromatic heterocycles. The molecule has 1 aliphatic heterocycles. The predicted octanol–water partition coefficient (Wildman–Crippen LogP) is 1.18. The molecule has 1 unspecified atom stereocenters. The molecule has 1 heteroatoms. The standard InChI is InChI=1S/C5H10O/c1-4-3-5(2)6-4/h4-5H,3H2,1-2H3/t4-,5?/m1/s1. The van der Waals surface area contributed by atoms with Crippen LogP contribution in [0.3, 0.4) is 0 Å². The molecule has 1 saturated heterocycles. The second kappa shape index (κ2) is 1.23. The third-order valence-corrected chi connectivity index (χ3v) is 1.13. The van der Waals surface area contributed by atoms with Crippen molar-refractivity contribution < 1.29 is 4.74 Å². The van der Waals surface area contributed by atoms with E-state index in [-0.39, 0.29) is 0 Å². The molecule has 0 aliphatic carbocycles. The summed E-state index contributed by atoms with van der Waals surface area (Å²) in [5.41, 5.74) is 0. The highest BCUT2D eigenvalue weighted by Gasteiger charge is 2.20. The summed E-state index contributed by atoms with van der Waals surface area (Å²) in [6.45, 7) is 4.19. The largest absolute Gasteiger partial charge is 0.375 e. The first kappa shape index (κ1) is 4.13. The maximum Gasteiger partial charge on any atom is 0.0575 e. The fourth-order valence-corrected chi connectivity index (χ4v) is 0.853. The average Bonchev–Trinajstić information content (AvgIpc) is 1.33. The second-order valence-corrected chi connectivity index (χ2v) is 1.99. The van der Waals surface area contributed by atoms with Crippen LogP contribution in [-0.4, -0.2) is 12.2 Å². The molecule has 0 radical (unpaired) electrons. The molecule has 0 aromatic rings. The van der Waals surface area contributed by atoms with Gasteiger partial charge in [0.15, 0.2) is 0 Å². The SMILES string of the molecule is CC1C[C@@H](C)O1. The molecule has 6 heavy (non-hydrogen) atoms. The molecule has 0 spiro atoms. The third kappa shape index (κ3) is 0.548. The van der Waals surface area contributed by atoms with Crippen molar-refractivity contribution >= 4 is 0 Å². The summed E-state index contributed by atoms with van der Waals surface area (Å²) in [6, 6.07) is 0. The molecule has 0 bridgehead atoms. The molecule has 0 amide bonds. The fraction of sp³-hybridized carbons (Fsp3) is 1.00. The van der Waals surface area contributed by atoms with Crippen LogP contribution in [-0.2, 0) is 4.74 Å². The second-order valence-electron chi connectivity index (χ2n) is 1.99. The summed E-state index contributed by atoms with van der Waals surface area (Å²) in [5.74, 6) is 0. The molecular formula is C5H10O. The molecular weight excluding hydrogens is 76.1 g/mol. The first-order chi connectivity index (χ1) is 2.79. The van der Waals surface area contributed by atoms with Crippen LogP contribution in [0, 0.1) is 0 Å². The van der Waals surface area contributed by atoms with Crippen LogP contribution in [0.4, 0.5) is 0 Å². The van der Waals surface area contributed by atoms with Crippen molar-refractivity contribution in [3.8, 4) is 0 Å². The van der Waals surface area contributed by atoms with Crippen LogP contribution < -0.4 is 0 Å². The summed E-state index contributed by atoms with van der Waals surface area (Å²) in [6.07, 6.45) is 2.33. The van der Waals surface area contributed by atoms with E-state index in [4.69, 9.17) is 4.74 Å². The zero-order chi connectivity index (χ0) is 4.57. The van der Waals surface area contributed by atoms with Gasteiger partial charge in [-0.15, -0.1) is 0 Å². The van der Waals surface area contributed by atoms with Crippen LogP contribution in [0.15, 0.2) is 0 Å². The highest BCUT2D eigenvalue weighted by molar-refractivity contribution is 4.67. The van der Waals surface area contributed by atoms with Crippen LogP contribution in [0.25, 0.3) is 0 Å². The van der Waals surface area contributed by atoms with Crippen LogP contribution >= 0.6 is 0 Å². The van der Waals surface area contributed by atoms with Gasteiger partial charge in [0.05, 0.1) is 12.2 Å². The van der Waals surface area contributed by atoms with Gasteiger partial charge in [0.25, 0.3) is 0 Å². The number of rotatable bonds is 0. The lowest BCUT2D eigenvalue weighted by Gasteiger charge is -2.30. The van der Waals surface area contributed by atoms with Gasteiger partial charge in [0.1, 0.15) is 0 Å². The van der Waals surface area contributed by atoms with Crippen LogP contribution in [0.1, 0.15) is 20.3 Å². The maximum atomic E-state index is 5.14. The van der Waals surface area contributed by atoms with Gasteiger partial charge >= 0.3 is 0 Å². The molecule has 0 aromatic carbocycles. The minimum absolute atomic E-state index is 0.542. The number of ether oxygens (including phenoxy) is 1. The molecule has 1 fully saturated rings. The van der Waals surface area contributed by atoms with Gasteiger partial charge in [0, 0.05) is 0 Å². The fourth-order valence-electron chi connectivity index (χ4n) is 0.853. The quantitative estimate of drug-likeness (QED) is 0.430. The predicted molar refractivity (Wildman–Crippen MR) is 24.6 cm³/mol. The van der Waals surface area contributed by atoms with Crippen molar-refractivity contribution in [1.29, 1.82) is 0 Å². The monoisotopic (exact) mass is 86.1 g/mol. The highest BCUT2D eigenvalue weighted by Crippen LogP contribution is 2.17. The van der Waals surface area contributed by atoms with Crippen molar-refractivity contribution in [2.75, 3.05) is 0 Å². The van der Waals surface area contributed by atoms with Gasteiger partial charge in [-0.05, 0) is 20.3 Å². The molecule has 36 valence electrons. The minimum atomic E-state index is 0.542. The van der Waals surface area contributed by atoms with Crippen LogP contribution in [0.5, 0.6) is 0 Å². The van der Waals surface area contributed by atoms with Gasteiger partial charge in [-0.25, -0.2) is 0 Å². The van der Waals surface area contributed by atoms with E-state index >= 15 is 0 Å². The van der Waals surface area contributed by atoms with E-state index in [1.54, 1.807) is 0 Å². The lowest BCUT2D eigenvalue weighted by Crippen LogP contribution is -2.31. The van der Waals surface area contributed by atoms with E-state index in [2.05, 4.69) is 13.8 Å². The molecule has 2 atom stereocenters.